The molecule has 0 aliphatic carbocycles. The molecule has 2 aromatic rings. The molecule has 2 atom stereocenters. The molecule has 170 valence electrons. The molecule has 0 spiro atoms. The Morgan fingerprint density at radius 3 is 2.29 bits per heavy atom. The lowest BCUT2D eigenvalue weighted by Gasteiger charge is -2.31. The Balaban J connectivity index is 2.15. The molecule has 0 radical (unpaired) electrons. The first-order valence-corrected chi connectivity index (χ1v) is 10.1. The first kappa shape index (κ1) is 24.8. The van der Waals surface area contributed by atoms with Crippen molar-refractivity contribution in [3.8, 4) is 0 Å². The minimum atomic E-state index is -3.28. The first-order valence-electron chi connectivity index (χ1n) is 10.1. The second-order valence-corrected chi connectivity index (χ2v) is 8.02. The van der Waals surface area contributed by atoms with Crippen LogP contribution in [0.5, 0.6) is 0 Å². The minimum absolute atomic E-state index is 0.0463. The Bertz CT molecular complexity index is 869. The van der Waals surface area contributed by atoms with E-state index in [2.05, 4.69) is 10.6 Å². The van der Waals surface area contributed by atoms with Gasteiger partial charge in [0.25, 0.3) is 5.91 Å². The molecule has 2 aromatic carbocycles. The molecular formula is C23H28F4N2O2. The van der Waals surface area contributed by atoms with Crippen LogP contribution in [0.15, 0.2) is 42.5 Å². The fraction of sp³-hybridized carbons (Fsp3) is 0.435. The summed E-state index contributed by atoms with van der Waals surface area (Å²) in [5, 5.41) is 15.9. The Hall–Kier alpha value is -2.45. The highest BCUT2D eigenvalue weighted by atomic mass is 19.3. The summed E-state index contributed by atoms with van der Waals surface area (Å²) in [5.74, 6) is -3.23. The second-order valence-electron chi connectivity index (χ2n) is 8.02. The van der Waals surface area contributed by atoms with Crippen molar-refractivity contribution in [1.82, 2.24) is 10.6 Å². The van der Waals surface area contributed by atoms with Crippen LogP contribution in [-0.2, 0) is 23.2 Å². The number of carbonyl (C=O) groups is 1. The number of aliphatic hydroxyl groups excluding tert-OH is 1. The lowest BCUT2D eigenvalue weighted by molar-refractivity contribution is -0.133. The van der Waals surface area contributed by atoms with Gasteiger partial charge in [-0.05, 0) is 55.5 Å². The molecule has 1 amide bonds. The van der Waals surface area contributed by atoms with Crippen LogP contribution in [0.1, 0.15) is 37.5 Å². The smallest absolute Gasteiger partial charge is 0.315 e. The number of aryl methyl sites for hydroxylation is 1. The van der Waals surface area contributed by atoms with Crippen LogP contribution in [-0.4, -0.2) is 36.1 Å². The quantitative estimate of drug-likeness (QED) is 0.494. The second kappa shape index (κ2) is 10.7. The summed E-state index contributed by atoms with van der Waals surface area (Å²) < 4.78 is 52.5. The van der Waals surface area contributed by atoms with Crippen molar-refractivity contribution in [3.05, 3.63) is 70.8 Å². The number of carbonyl (C=O) groups excluding carboxylic acids is 1. The lowest BCUT2D eigenvalue weighted by Crippen LogP contribution is -2.52. The maximum Gasteiger partial charge on any atom is 0.315 e. The van der Waals surface area contributed by atoms with Crippen molar-refractivity contribution in [2.45, 2.75) is 57.7 Å². The number of aliphatic hydroxyl groups is 1. The van der Waals surface area contributed by atoms with Gasteiger partial charge in [-0.25, -0.2) is 8.78 Å². The predicted octanol–water partition coefficient (Wildman–Crippen LogP) is 3.71. The number of hydrogen-bond donors (Lipinski definition) is 3. The van der Waals surface area contributed by atoms with Crippen molar-refractivity contribution in [1.29, 1.82) is 0 Å². The fourth-order valence-electron chi connectivity index (χ4n) is 3.30. The van der Waals surface area contributed by atoms with Crippen LogP contribution in [0.2, 0.25) is 0 Å². The van der Waals surface area contributed by atoms with Crippen molar-refractivity contribution in [3.63, 3.8) is 0 Å². The van der Waals surface area contributed by atoms with Gasteiger partial charge in [0.05, 0.1) is 12.1 Å². The molecule has 0 bridgehead atoms. The van der Waals surface area contributed by atoms with Gasteiger partial charge < -0.3 is 15.7 Å². The van der Waals surface area contributed by atoms with E-state index in [0.29, 0.717) is 6.07 Å². The summed E-state index contributed by atoms with van der Waals surface area (Å²) in [6.07, 6.45) is -3.93. The van der Waals surface area contributed by atoms with Gasteiger partial charge >= 0.3 is 6.43 Å². The SMILES string of the molecule is CCc1cccc(C(C)(C)NC[C@H](O)[C@H](Cc2cc(F)cc(F)c2)NC(=O)C(F)F)c1. The summed E-state index contributed by atoms with van der Waals surface area (Å²) in [6.45, 7) is 5.80. The summed E-state index contributed by atoms with van der Waals surface area (Å²) >= 11 is 0. The largest absolute Gasteiger partial charge is 0.390 e. The van der Waals surface area contributed by atoms with Crippen molar-refractivity contribution in [2.75, 3.05) is 6.54 Å². The molecule has 4 nitrogen and oxygen atoms in total. The zero-order chi connectivity index (χ0) is 23.2. The molecule has 0 aliphatic heterocycles. The molecule has 0 heterocycles. The predicted molar refractivity (Wildman–Crippen MR) is 111 cm³/mol. The highest BCUT2D eigenvalue weighted by molar-refractivity contribution is 5.79. The maximum atomic E-state index is 13.5. The lowest BCUT2D eigenvalue weighted by atomic mass is 9.91. The third-order valence-electron chi connectivity index (χ3n) is 5.18. The third-order valence-corrected chi connectivity index (χ3v) is 5.18. The van der Waals surface area contributed by atoms with Crippen LogP contribution in [0, 0.1) is 11.6 Å². The topological polar surface area (TPSA) is 61.4 Å². The number of halogens is 4. The van der Waals surface area contributed by atoms with Gasteiger partial charge in [0.1, 0.15) is 11.6 Å². The molecule has 3 N–H and O–H groups in total. The maximum absolute atomic E-state index is 13.5. The van der Waals surface area contributed by atoms with Gasteiger partial charge in [0.2, 0.25) is 0 Å². The molecule has 0 saturated heterocycles. The standard InChI is InChI=1S/C23H28F4N2O2/c1-4-14-6-5-7-16(8-14)23(2,3)28-13-20(30)19(29-22(31)21(26)27)11-15-9-17(24)12-18(25)10-15/h5-10,12,19-21,28,30H,4,11,13H2,1-3H3,(H,29,31)/t19-,20-/m0/s1. The number of nitrogens with one attached hydrogen (secondary N) is 2. The van der Waals surface area contributed by atoms with E-state index in [1.54, 1.807) is 0 Å². The Labute approximate surface area is 179 Å². The van der Waals surface area contributed by atoms with E-state index in [0.717, 1.165) is 29.7 Å². The number of alkyl halides is 2. The summed E-state index contributed by atoms with van der Waals surface area (Å²) in [6, 6.07) is 9.47. The van der Waals surface area contributed by atoms with Crippen LogP contribution < -0.4 is 10.6 Å². The van der Waals surface area contributed by atoms with Gasteiger partial charge in [-0.2, -0.15) is 8.78 Å². The molecule has 31 heavy (non-hydrogen) atoms. The highest BCUT2D eigenvalue weighted by Gasteiger charge is 2.28. The number of amides is 1. The molecule has 0 fully saturated rings. The van der Waals surface area contributed by atoms with E-state index in [1.165, 1.54) is 0 Å². The van der Waals surface area contributed by atoms with Gasteiger partial charge in [-0.15, -0.1) is 0 Å². The monoisotopic (exact) mass is 440 g/mol. The average molecular weight is 440 g/mol. The van der Waals surface area contributed by atoms with Crippen molar-refractivity contribution >= 4 is 5.91 Å². The summed E-state index contributed by atoms with van der Waals surface area (Å²) in [5.41, 5.74) is 1.68. The van der Waals surface area contributed by atoms with E-state index in [1.807, 2.05) is 45.0 Å². The Morgan fingerprint density at radius 2 is 1.71 bits per heavy atom. The first-order chi connectivity index (χ1) is 14.5. The fourth-order valence-corrected chi connectivity index (χ4v) is 3.30. The van der Waals surface area contributed by atoms with E-state index < -0.39 is 41.7 Å². The summed E-state index contributed by atoms with van der Waals surface area (Å²) in [4.78, 5) is 11.5. The normalized spacial score (nSPS) is 13.8. The van der Waals surface area contributed by atoms with Crippen LogP contribution >= 0.6 is 0 Å². The number of hydrogen-bond acceptors (Lipinski definition) is 3. The van der Waals surface area contributed by atoms with Crippen molar-refractivity contribution < 1.29 is 27.5 Å². The number of benzene rings is 2. The van der Waals surface area contributed by atoms with Crippen LogP contribution in [0.4, 0.5) is 17.6 Å². The van der Waals surface area contributed by atoms with E-state index in [4.69, 9.17) is 0 Å². The molecule has 2 rings (SSSR count). The van der Waals surface area contributed by atoms with Crippen LogP contribution in [0.3, 0.4) is 0 Å². The molecule has 0 unspecified atom stereocenters. The molecule has 0 aromatic heterocycles. The third kappa shape index (κ3) is 7.33. The van der Waals surface area contributed by atoms with Gasteiger partial charge in [0, 0.05) is 18.2 Å². The number of rotatable bonds is 10. The van der Waals surface area contributed by atoms with E-state index in [9.17, 15) is 27.5 Å². The van der Waals surface area contributed by atoms with Gasteiger partial charge in [0.15, 0.2) is 0 Å². The highest BCUT2D eigenvalue weighted by Crippen LogP contribution is 2.22. The Kier molecular flexibility index (Phi) is 8.59. The molecule has 0 saturated carbocycles. The average Bonchev–Trinajstić information content (AvgIpc) is 2.70. The van der Waals surface area contributed by atoms with E-state index >= 15 is 0 Å². The molecule has 0 aliphatic rings. The minimum Gasteiger partial charge on any atom is -0.390 e. The van der Waals surface area contributed by atoms with Crippen LogP contribution in [0.25, 0.3) is 0 Å². The van der Waals surface area contributed by atoms with E-state index in [-0.39, 0.29) is 18.5 Å². The van der Waals surface area contributed by atoms with Crippen molar-refractivity contribution in [2.24, 2.45) is 0 Å². The Morgan fingerprint density at radius 1 is 1.06 bits per heavy atom. The zero-order valence-corrected chi connectivity index (χ0v) is 17.8. The molecule has 8 heteroatoms. The molecular weight excluding hydrogens is 412 g/mol. The summed E-state index contributed by atoms with van der Waals surface area (Å²) in [7, 11) is 0. The van der Waals surface area contributed by atoms with Gasteiger partial charge in [-0.3, -0.25) is 4.79 Å². The van der Waals surface area contributed by atoms with Gasteiger partial charge in [-0.1, -0.05) is 31.2 Å². The zero-order valence-electron chi connectivity index (χ0n) is 17.8.